The molecule has 0 bridgehead atoms. The summed E-state index contributed by atoms with van der Waals surface area (Å²) in [5, 5.41) is 3.59. The number of fused-ring (bicyclic) bond motifs is 3. The second-order valence-electron chi connectivity index (χ2n) is 7.81. The van der Waals surface area contributed by atoms with E-state index in [9.17, 15) is 4.79 Å². The van der Waals surface area contributed by atoms with Gasteiger partial charge in [0.15, 0.2) is 5.96 Å². The number of aliphatic imine (C=N–C) groups is 1. The lowest BCUT2D eigenvalue weighted by Gasteiger charge is -2.34. The molecule has 2 fully saturated rings. The van der Waals surface area contributed by atoms with Crippen LogP contribution in [0.1, 0.15) is 36.3 Å². The van der Waals surface area contributed by atoms with Crippen molar-refractivity contribution < 1.29 is 4.79 Å². The van der Waals surface area contributed by atoms with E-state index in [1.54, 1.807) is 11.1 Å². The Morgan fingerprint density at radius 3 is 3.04 bits per heavy atom. The first-order chi connectivity index (χ1) is 12.2. The van der Waals surface area contributed by atoms with E-state index in [1.807, 2.05) is 7.05 Å². The highest BCUT2D eigenvalue weighted by Gasteiger charge is 2.55. The Balaban J connectivity index is 1.31. The van der Waals surface area contributed by atoms with E-state index in [4.69, 9.17) is 5.73 Å². The van der Waals surface area contributed by atoms with Crippen LogP contribution in [0, 0.1) is 17.8 Å². The number of amides is 1. The van der Waals surface area contributed by atoms with Crippen LogP contribution in [0.5, 0.6) is 0 Å². The third-order valence-electron chi connectivity index (χ3n) is 6.22. The number of primary amides is 1. The third-order valence-corrected chi connectivity index (χ3v) is 6.22. The fraction of sp³-hybridized carbons (Fsp3) is 0.600. The molecule has 4 unspecified atom stereocenters. The highest BCUT2D eigenvalue weighted by molar-refractivity contribution is 5.80. The Morgan fingerprint density at radius 1 is 1.40 bits per heavy atom. The molecule has 25 heavy (non-hydrogen) atoms. The molecule has 1 aromatic carbocycles. The Kier molecular flexibility index (Phi) is 4.40. The van der Waals surface area contributed by atoms with Gasteiger partial charge < -0.3 is 16.0 Å². The number of nitrogens with two attached hydrogens (primary N) is 1. The summed E-state index contributed by atoms with van der Waals surface area (Å²) in [5.41, 5.74) is 8.48. The van der Waals surface area contributed by atoms with Crippen molar-refractivity contribution in [3.63, 3.8) is 0 Å². The van der Waals surface area contributed by atoms with Gasteiger partial charge in [-0.15, -0.1) is 0 Å². The first kappa shape index (κ1) is 16.4. The van der Waals surface area contributed by atoms with Gasteiger partial charge >= 0.3 is 0 Å². The van der Waals surface area contributed by atoms with Gasteiger partial charge in [-0.2, -0.15) is 0 Å². The number of nitrogens with zero attached hydrogens (tertiary/aromatic N) is 2. The quantitative estimate of drug-likeness (QED) is 0.648. The summed E-state index contributed by atoms with van der Waals surface area (Å²) in [7, 11) is 1.85. The average molecular weight is 340 g/mol. The van der Waals surface area contributed by atoms with Crippen molar-refractivity contribution in [3.05, 3.63) is 35.4 Å². The van der Waals surface area contributed by atoms with Gasteiger partial charge in [-0.3, -0.25) is 9.79 Å². The van der Waals surface area contributed by atoms with Crippen molar-refractivity contribution in [2.24, 2.45) is 28.5 Å². The van der Waals surface area contributed by atoms with Crippen molar-refractivity contribution in [1.82, 2.24) is 10.2 Å². The number of rotatable bonds is 4. The van der Waals surface area contributed by atoms with Crippen LogP contribution in [0.25, 0.3) is 0 Å². The Hall–Kier alpha value is -2.04. The van der Waals surface area contributed by atoms with E-state index in [1.165, 1.54) is 6.42 Å². The molecular formula is C20H28N4O. The summed E-state index contributed by atoms with van der Waals surface area (Å²) in [4.78, 5) is 18.0. The number of benzene rings is 1. The second-order valence-corrected chi connectivity index (χ2v) is 7.81. The van der Waals surface area contributed by atoms with Crippen LogP contribution in [-0.4, -0.2) is 43.4 Å². The molecule has 1 aromatic rings. The normalized spacial score (nSPS) is 30.6. The van der Waals surface area contributed by atoms with Crippen LogP contribution >= 0.6 is 0 Å². The van der Waals surface area contributed by atoms with Gasteiger partial charge in [-0.05, 0) is 54.1 Å². The van der Waals surface area contributed by atoms with Crippen molar-refractivity contribution in [2.75, 3.05) is 26.7 Å². The molecule has 3 aliphatic rings. The Bertz CT molecular complexity index is 686. The molecule has 5 nitrogen and oxygen atoms in total. The number of carbonyl (C=O) groups is 1. The number of likely N-dealkylation sites (tertiary alicyclic amines) is 1. The largest absolute Gasteiger partial charge is 0.370 e. The Morgan fingerprint density at radius 2 is 2.24 bits per heavy atom. The maximum atomic E-state index is 11.2. The van der Waals surface area contributed by atoms with Crippen LogP contribution in [0.2, 0.25) is 0 Å². The lowest BCUT2D eigenvalue weighted by molar-refractivity contribution is -0.119. The van der Waals surface area contributed by atoms with Crippen molar-refractivity contribution in [2.45, 2.75) is 31.6 Å². The molecule has 0 aromatic heterocycles. The number of piperidine rings is 1. The number of guanidine groups is 1. The van der Waals surface area contributed by atoms with Crippen LogP contribution in [0.4, 0.5) is 0 Å². The fourth-order valence-electron chi connectivity index (χ4n) is 5.01. The summed E-state index contributed by atoms with van der Waals surface area (Å²) in [6.45, 7) is 2.88. The molecule has 134 valence electrons. The van der Waals surface area contributed by atoms with Gasteiger partial charge in [-0.1, -0.05) is 24.3 Å². The molecular weight excluding hydrogens is 312 g/mol. The predicted octanol–water partition coefficient (Wildman–Crippen LogP) is 1.74. The molecule has 1 amide bonds. The lowest BCUT2D eigenvalue weighted by Crippen LogP contribution is -2.47. The van der Waals surface area contributed by atoms with Crippen LogP contribution in [0.15, 0.2) is 29.3 Å². The number of nitrogens with one attached hydrogen (secondary N) is 1. The summed E-state index contributed by atoms with van der Waals surface area (Å²) in [6, 6.07) is 8.89. The molecule has 0 radical (unpaired) electrons. The van der Waals surface area contributed by atoms with E-state index in [2.05, 4.69) is 39.5 Å². The van der Waals surface area contributed by atoms with Crippen molar-refractivity contribution in [3.8, 4) is 0 Å². The molecule has 4 rings (SSSR count). The SMILES string of the molecule is CN=C(NCC1C2Cc3ccccc3C12)N1CCCC(CC(N)=O)C1. The van der Waals surface area contributed by atoms with E-state index in [0.29, 0.717) is 12.3 Å². The van der Waals surface area contributed by atoms with Gasteiger partial charge in [0.2, 0.25) is 5.91 Å². The van der Waals surface area contributed by atoms with Crippen molar-refractivity contribution >= 4 is 11.9 Å². The first-order valence-electron chi connectivity index (χ1n) is 9.49. The molecule has 4 atom stereocenters. The van der Waals surface area contributed by atoms with E-state index in [-0.39, 0.29) is 5.91 Å². The summed E-state index contributed by atoms with van der Waals surface area (Å²) in [5.74, 6) is 3.43. The molecule has 1 saturated carbocycles. The maximum absolute atomic E-state index is 11.2. The summed E-state index contributed by atoms with van der Waals surface area (Å²) in [6.07, 6.45) is 3.90. The topological polar surface area (TPSA) is 70.7 Å². The van der Waals surface area contributed by atoms with E-state index >= 15 is 0 Å². The Labute approximate surface area is 149 Å². The van der Waals surface area contributed by atoms with Gasteiger partial charge in [-0.25, -0.2) is 0 Å². The predicted molar refractivity (Wildman–Crippen MR) is 99.3 cm³/mol. The molecule has 2 aliphatic carbocycles. The van der Waals surface area contributed by atoms with Gasteiger partial charge in [0.25, 0.3) is 0 Å². The van der Waals surface area contributed by atoms with Crippen LogP contribution in [0.3, 0.4) is 0 Å². The van der Waals surface area contributed by atoms with Crippen molar-refractivity contribution in [1.29, 1.82) is 0 Å². The van der Waals surface area contributed by atoms with Crippen LogP contribution in [-0.2, 0) is 11.2 Å². The number of carbonyl (C=O) groups excluding carboxylic acids is 1. The number of hydrogen-bond acceptors (Lipinski definition) is 2. The smallest absolute Gasteiger partial charge is 0.217 e. The highest BCUT2D eigenvalue weighted by Crippen LogP contribution is 2.60. The monoisotopic (exact) mass is 340 g/mol. The lowest BCUT2D eigenvalue weighted by atomic mass is 9.95. The zero-order valence-electron chi connectivity index (χ0n) is 14.9. The number of hydrogen-bond donors (Lipinski definition) is 2. The molecule has 1 heterocycles. The van der Waals surface area contributed by atoms with Crippen LogP contribution < -0.4 is 11.1 Å². The third kappa shape index (κ3) is 3.24. The fourth-order valence-corrected chi connectivity index (χ4v) is 5.01. The zero-order valence-corrected chi connectivity index (χ0v) is 14.9. The molecule has 5 heteroatoms. The average Bonchev–Trinajstić information content (AvgIpc) is 3.13. The minimum absolute atomic E-state index is 0.195. The van der Waals surface area contributed by atoms with E-state index in [0.717, 1.165) is 56.2 Å². The maximum Gasteiger partial charge on any atom is 0.217 e. The highest BCUT2D eigenvalue weighted by atomic mass is 16.1. The minimum Gasteiger partial charge on any atom is -0.370 e. The standard InChI is InChI=1S/C20H28N4O/c1-22-20(24-8-4-5-13(12-24)9-18(21)25)23-11-17-16-10-14-6-2-3-7-15(14)19(16)17/h2-3,6-7,13,16-17,19H,4-5,8-12H2,1H3,(H2,21,25)(H,22,23). The first-order valence-corrected chi connectivity index (χ1v) is 9.49. The second kappa shape index (κ2) is 6.70. The van der Waals surface area contributed by atoms with E-state index < -0.39 is 0 Å². The summed E-state index contributed by atoms with van der Waals surface area (Å²) < 4.78 is 0. The zero-order chi connectivity index (χ0) is 17.4. The summed E-state index contributed by atoms with van der Waals surface area (Å²) >= 11 is 0. The van der Waals surface area contributed by atoms with Gasteiger partial charge in [0.05, 0.1) is 0 Å². The van der Waals surface area contributed by atoms with Gasteiger partial charge in [0.1, 0.15) is 0 Å². The molecule has 3 N–H and O–H groups in total. The molecule has 1 aliphatic heterocycles. The molecule has 0 spiro atoms. The minimum atomic E-state index is -0.195. The van der Waals surface area contributed by atoms with Gasteiger partial charge in [0, 0.05) is 33.1 Å². The molecule has 1 saturated heterocycles.